The monoisotopic (exact) mass is 339 g/mol. The summed E-state index contributed by atoms with van der Waals surface area (Å²) in [6, 6.07) is 13.3. The lowest BCUT2D eigenvalue weighted by atomic mass is 10.2. The van der Waals surface area contributed by atoms with Gasteiger partial charge in [0, 0.05) is 14.8 Å². The van der Waals surface area contributed by atoms with Gasteiger partial charge in [-0.2, -0.15) is 0 Å². The van der Waals surface area contributed by atoms with Crippen LogP contribution in [0.25, 0.3) is 0 Å². The van der Waals surface area contributed by atoms with Crippen molar-refractivity contribution in [2.75, 3.05) is 10.8 Å². The lowest BCUT2D eigenvalue weighted by Gasteiger charge is -2.30. The van der Waals surface area contributed by atoms with Crippen LogP contribution in [0, 0.1) is 0 Å². The molecule has 0 N–H and O–H groups in total. The molecule has 1 amide bonds. The predicted octanol–water partition coefficient (Wildman–Crippen LogP) is 5.73. The van der Waals surface area contributed by atoms with Gasteiger partial charge in [0.25, 0.3) is 0 Å². The molecule has 2 aromatic rings. The lowest BCUT2D eigenvalue weighted by Crippen LogP contribution is -2.29. The highest BCUT2D eigenvalue weighted by Crippen LogP contribution is 2.48. The fourth-order valence-electron chi connectivity index (χ4n) is 2.06. The Balaban J connectivity index is 0.000000774. The predicted molar refractivity (Wildman–Crippen MR) is 91.2 cm³/mol. The van der Waals surface area contributed by atoms with Gasteiger partial charge in [0.1, 0.15) is 5.88 Å². The molecule has 1 aliphatic rings. The third-order valence-corrected chi connectivity index (χ3v) is 4.45. The van der Waals surface area contributed by atoms with Crippen molar-refractivity contribution in [2.45, 2.75) is 23.6 Å². The Kier molecular flexibility index (Phi) is 5.57. The van der Waals surface area contributed by atoms with E-state index in [-0.39, 0.29) is 11.8 Å². The van der Waals surface area contributed by atoms with Gasteiger partial charge in [-0.05, 0) is 30.3 Å². The standard InChI is InChI=1S/C14H9Cl2NOS.C2H6/c15-8-14(18)17-10-3-1-2-4-12(10)19-13-6-5-9(16)7-11(13)17;1-2/h1-7H,8H2;1-2H3. The first-order valence-electron chi connectivity index (χ1n) is 6.66. The van der Waals surface area contributed by atoms with Crippen molar-refractivity contribution in [3.05, 3.63) is 47.5 Å². The zero-order valence-corrected chi connectivity index (χ0v) is 14.1. The Morgan fingerprint density at radius 1 is 1.10 bits per heavy atom. The summed E-state index contributed by atoms with van der Waals surface area (Å²) < 4.78 is 0. The van der Waals surface area contributed by atoms with Gasteiger partial charge in [-0.1, -0.05) is 49.3 Å². The Bertz CT molecular complexity index is 660. The van der Waals surface area contributed by atoms with E-state index in [0.717, 1.165) is 21.2 Å². The van der Waals surface area contributed by atoms with Crippen molar-refractivity contribution in [3.63, 3.8) is 0 Å². The second-order valence-electron chi connectivity index (χ2n) is 4.04. The van der Waals surface area contributed by atoms with Crippen LogP contribution in [0.5, 0.6) is 0 Å². The van der Waals surface area contributed by atoms with Crippen LogP contribution in [0.1, 0.15) is 13.8 Å². The molecule has 0 fully saturated rings. The SMILES string of the molecule is CC.O=C(CCl)N1c2ccccc2Sc2ccc(Cl)cc21. The number of anilines is 2. The van der Waals surface area contributed by atoms with Crippen molar-refractivity contribution in [3.8, 4) is 0 Å². The molecule has 1 aliphatic heterocycles. The number of para-hydroxylation sites is 1. The number of carbonyl (C=O) groups is 1. The topological polar surface area (TPSA) is 20.3 Å². The van der Waals surface area contributed by atoms with Gasteiger partial charge in [0.05, 0.1) is 11.4 Å². The molecule has 0 radical (unpaired) electrons. The maximum atomic E-state index is 12.1. The van der Waals surface area contributed by atoms with E-state index < -0.39 is 0 Å². The van der Waals surface area contributed by atoms with Gasteiger partial charge < -0.3 is 0 Å². The van der Waals surface area contributed by atoms with Crippen LogP contribution in [0.3, 0.4) is 0 Å². The van der Waals surface area contributed by atoms with Gasteiger partial charge >= 0.3 is 0 Å². The van der Waals surface area contributed by atoms with E-state index in [1.165, 1.54) is 0 Å². The first-order valence-corrected chi connectivity index (χ1v) is 8.39. The first kappa shape index (κ1) is 16.2. The molecule has 2 aromatic carbocycles. The number of halogens is 2. The van der Waals surface area contributed by atoms with Crippen LogP contribution >= 0.6 is 35.0 Å². The van der Waals surface area contributed by atoms with E-state index >= 15 is 0 Å². The fourth-order valence-corrected chi connectivity index (χ4v) is 3.38. The maximum Gasteiger partial charge on any atom is 0.246 e. The normalized spacial score (nSPS) is 11.9. The number of carbonyl (C=O) groups excluding carboxylic acids is 1. The van der Waals surface area contributed by atoms with Gasteiger partial charge in [0.15, 0.2) is 0 Å². The average Bonchev–Trinajstić information content (AvgIpc) is 2.54. The molecule has 21 heavy (non-hydrogen) atoms. The van der Waals surface area contributed by atoms with E-state index in [4.69, 9.17) is 23.2 Å². The minimum Gasteiger partial charge on any atom is -0.278 e. The second kappa shape index (κ2) is 7.21. The van der Waals surface area contributed by atoms with Crippen LogP contribution < -0.4 is 4.90 Å². The molecule has 3 rings (SSSR count). The summed E-state index contributed by atoms with van der Waals surface area (Å²) in [4.78, 5) is 15.8. The smallest absolute Gasteiger partial charge is 0.246 e. The number of rotatable bonds is 1. The van der Waals surface area contributed by atoms with Crippen LogP contribution in [0.2, 0.25) is 5.02 Å². The number of hydrogen-bond acceptors (Lipinski definition) is 2. The van der Waals surface area contributed by atoms with E-state index in [9.17, 15) is 4.79 Å². The number of fused-ring (bicyclic) bond motifs is 2. The first-order chi connectivity index (χ1) is 10.2. The molecule has 2 nitrogen and oxygen atoms in total. The van der Waals surface area contributed by atoms with Crippen molar-refractivity contribution in [1.82, 2.24) is 0 Å². The van der Waals surface area contributed by atoms with Crippen molar-refractivity contribution < 1.29 is 4.79 Å². The average molecular weight is 340 g/mol. The number of nitrogens with zero attached hydrogens (tertiary/aromatic N) is 1. The van der Waals surface area contributed by atoms with Crippen molar-refractivity contribution in [2.24, 2.45) is 0 Å². The van der Waals surface area contributed by atoms with E-state index in [0.29, 0.717) is 5.02 Å². The van der Waals surface area contributed by atoms with Gasteiger partial charge in [-0.25, -0.2) is 0 Å². The second-order valence-corrected chi connectivity index (χ2v) is 5.83. The van der Waals surface area contributed by atoms with Crippen molar-refractivity contribution >= 4 is 52.2 Å². The largest absolute Gasteiger partial charge is 0.278 e. The van der Waals surface area contributed by atoms with Crippen LogP contribution in [0.4, 0.5) is 11.4 Å². The van der Waals surface area contributed by atoms with E-state index in [2.05, 4.69) is 0 Å². The number of hydrogen-bond donors (Lipinski definition) is 0. The molecule has 0 bridgehead atoms. The fraction of sp³-hybridized carbons (Fsp3) is 0.188. The van der Waals surface area contributed by atoms with Crippen LogP contribution in [-0.2, 0) is 4.79 Å². The Morgan fingerprint density at radius 3 is 2.48 bits per heavy atom. The zero-order valence-electron chi connectivity index (χ0n) is 11.8. The summed E-state index contributed by atoms with van der Waals surface area (Å²) in [6.07, 6.45) is 0. The molecular weight excluding hydrogens is 325 g/mol. The molecule has 0 spiro atoms. The summed E-state index contributed by atoms with van der Waals surface area (Å²) in [7, 11) is 0. The van der Waals surface area contributed by atoms with Crippen LogP contribution in [-0.4, -0.2) is 11.8 Å². The third-order valence-electron chi connectivity index (χ3n) is 2.85. The zero-order chi connectivity index (χ0) is 15.4. The Morgan fingerprint density at radius 2 is 1.76 bits per heavy atom. The summed E-state index contributed by atoms with van der Waals surface area (Å²) in [5, 5.41) is 0.603. The molecule has 1 heterocycles. The third kappa shape index (κ3) is 3.20. The van der Waals surface area contributed by atoms with Crippen LogP contribution in [0.15, 0.2) is 52.3 Å². The van der Waals surface area contributed by atoms with Crippen molar-refractivity contribution in [1.29, 1.82) is 0 Å². The maximum absolute atomic E-state index is 12.1. The number of alkyl halides is 1. The molecule has 0 saturated heterocycles. The molecule has 0 atom stereocenters. The van der Waals surface area contributed by atoms with Gasteiger partial charge in [-0.3, -0.25) is 9.69 Å². The molecular formula is C16H15Cl2NOS. The molecule has 0 aliphatic carbocycles. The minimum absolute atomic E-state index is 0.0645. The minimum atomic E-state index is -0.155. The highest BCUT2D eigenvalue weighted by molar-refractivity contribution is 7.99. The summed E-state index contributed by atoms with van der Waals surface area (Å²) in [6.45, 7) is 4.00. The number of benzene rings is 2. The molecule has 0 aromatic heterocycles. The summed E-state index contributed by atoms with van der Waals surface area (Å²) in [5.74, 6) is -0.219. The Hall–Kier alpha value is -1.16. The van der Waals surface area contributed by atoms with Gasteiger partial charge in [0.2, 0.25) is 5.91 Å². The highest BCUT2D eigenvalue weighted by Gasteiger charge is 2.27. The molecule has 0 unspecified atom stereocenters. The molecule has 0 saturated carbocycles. The van der Waals surface area contributed by atoms with Gasteiger partial charge in [-0.15, -0.1) is 11.6 Å². The lowest BCUT2D eigenvalue weighted by molar-refractivity contribution is -0.115. The quantitative estimate of drug-likeness (QED) is 0.618. The molecule has 110 valence electrons. The number of amides is 1. The van der Waals surface area contributed by atoms with E-state index in [1.54, 1.807) is 22.7 Å². The molecule has 5 heteroatoms. The Labute approximate surface area is 139 Å². The highest BCUT2D eigenvalue weighted by atomic mass is 35.5. The van der Waals surface area contributed by atoms with E-state index in [1.807, 2.05) is 50.2 Å². The summed E-state index contributed by atoms with van der Waals surface area (Å²) >= 11 is 13.4. The summed E-state index contributed by atoms with van der Waals surface area (Å²) in [5.41, 5.74) is 1.65.